The highest BCUT2D eigenvalue weighted by atomic mass is 16.3. The highest BCUT2D eigenvalue weighted by Crippen LogP contribution is 2.75. The highest BCUT2D eigenvalue weighted by molar-refractivity contribution is 5.19. The molecule has 4 N–H and O–H groups in total. The van der Waals surface area contributed by atoms with Gasteiger partial charge in [0.25, 0.3) is 0 Å². The van der Waals surface area contributed by atoms with Crippen LogP contribution in [0.25, 0.3) is 0 Å². The van der Waals surface area contributed by atoms with E-state index in [0.717, 1.165) is 58.0 Å². The first-order valence-electron chi connectivity index (χ1n) is 15.0. The molecule has 0 saturated heterocycles. The maximum atomic E-state index is 11.8. The monoisotopic (exact) mass is 491 g/mol. The van der Waals surface area contributed by atoms with Gasteiger partial charge in [0, 0.05) is 0 Å². The third-order valence-electron chi connectivity index (χ3n) is 12.9. The van der Waals surface area contributed by atoms with Crippen molar-refractivity contribution in [3.8, 4) is 0 Å². The van der Waals surface area contributed by atoms with Crippen molar-refractivity contribution < 1.29 is 15.3 Å². The molecule has 4 nitrogen and oxygen atoms in total. The topological polar surface area (TPSA) is 72.7 Å². The normalized spacial score (nSPS) is 48.5. The van der Waals surface area contributed by atoms with E-state index in [1.165, 1.54) is 25.7 Å². The van der Waals surface area contributed by atoms with E-state index in [9.17, 15) is 15.3 Å². The first kappa shape index (κ1) is 27.9. The minimum absolute atomic E-state index is 0.0531. The highest BCUT2D eigenvalue weighted by Gasteiger charge is 2.71. The van der Waals surface area contributed by atoms with Crippen LogP contribution in [0.2, 0.25) is 0 Å². The largest absolute Gasteiger partial charge is 0.393 e. The molecule has 0 aromatic carbocycles. The fraction of sp³-hybridized carbons (Fsp3) is 1.00. The summed E-state index contributed by atoms with van der Waals surface area (Å²) in [7, 11) is 0. The van der Waals surface area contributed by atoms with Gasteiger partial charge in [0.1, 0.15) is 0 Å². The lowest BCUT2D eigenvalue weighted by molar-refractivity contribution is -0.246. The lowest BCUT2D eigenvalue weighted by Crippen LogP contribution is -2.66. The molecule has 4 heteroatoms. The summed E-state index contributed by atoms with van der Waals surface area (Å²) in [5, 5.41) is 38.0. The number of unbranched alkanes of at least 4 members (excludes halogenated alkanes) is 1. The van der Waals surface area contributed by atoms with Crippen molar-refractivity contribution in [3.05, 3.63) is 0 Å². The Hall–Kier alpha value is -0.160. The smallest absolute Gasteiger partial charge is 0.0652 e. The number of hydrogen-bond donors (Lipinski definition) is 4. The van der Waals surface area contributed by atoms with Gasteiger partial charge in [0.15, 0.2) is 0 Å². The molecule has 0 aliphatic heterocycles. The summed E-state index contributed by atoms with van der Waals surface area (Å²) < 4.78 is 0. The molecule has 0 amide bonds. The SMILES string of the molecule is CCCCNCCC[C@](C)(O)[C@H]1CC[C@]2(C)C1[C@H](O)CC1[C@@]3(C)CC[C@H](O)C(C)(C)C3CC[C@]12C. The molecule has 4 rings (SSSR count). The molecule has 0 heterocycles. The molecular formula is C31H57NO3. The summed E-state index contributed by atoms with van der Waals surface area (Å²) in [6.07, 6.45) is 11.0. The molecule has 0 bridgehead atoms. The second-order valence-electron chi connectivity index (χ2n) is 14.9. The molecule has 3 unspecified atom stereocenters. The molecule has 4 aliphatic rings. The molecule has 204 valence electrons. The molecule has 35 heavy (non-hydrogen) atoms. The third-order valence-corrected chi connectivity index (χ3v) is 12.9. The van der Waals surface area contributed by atoms with Crippen molar-refractivity contribution in [1.29, 1.82) is 0 Å². The first-order valence-corrected chi connectivity index (χ1v) is 15.0. The molecule has 0 aromatic rings. The van der Waals surface area contributed by atoms with E-state index in [1.54, 1.807) is 0 Å². The van der Waals surface area contributed by atoms with Gasteiger partial charge in [-0.05, 0) is 130 Å². The van der Waals surface area contributed by atoms with E-state index in [-0.39, 0.29) is 45.7 Å². The van der Waals surface area contributed by atoms with Crippen molar-refractivity contribution >= 4 is 0 Å². The number of aliphatic hydroxyl groups excluding tert-OH is 2. The number of nitrogens with one attached hydrogen (secondary N) is 1. The van der Waals surface area contributed by atoms with Gasteiger partial charge in [0.05, 0.1) is 17.8 Å². The van der Waals surface area contributed by atoms with Crippen LogP contribution in [0.15, 0.2) is 0 Å². The number of rotatable bonds is 8. The summed E-state index contributed by atoms with van der Waals surface area (Å²) in [5.41, 5.74) is -0.402. The van der Waals surface area contributed by atoms with Gasteiger partial charge in [-0.1, -0.05) is 48.0 Å². The minimum Gasteiger partial charge on any atom is -0.393 e. The van der Waals surface area contributed by atoms with Gasteiger partial charge in [-0.2, -0.15) is 0 Å². The summed E-state index contributed by atoms with van der Waals surface area (Å²) in [6, 6.07) is 0. The van der Waals surface area contributed by atoms with Gasteiger partial charge in [-0.15, -0.1) is 0 Å². The standard InChI is InChI=1S/C31H57NO3/c1-8-9-18-32-19-10-14-31(7,35)21-11-16-30(6)26(21)22(33)20-24-28(4)15-13-25(34)27(2,3)23(28)12-17-29(24,30)5/h21-26,32-35H,8-20H2,1-7H3/t21-,22+,23?,24?,25-,26?,28-,29+,30+,31-/m0/s1. The number of hydrogen-bond acceptors (Lipinski definition) is 4. The quantitative estimate of drug-likeness (QED) is 0.318. The van der Waals surface area contributed by atoms with Crippen molar-refractivity contribution in [3.63, 3.8) is 0 Å². The van der Waals surface area contributed by atoms with Crippen molar-refractivity contribution in [2.24, 2.45) is 45.3 Å². The van der Waals surface area contributed by atoms with Crippen LogP contribution in [0.5, 0.6) is 0 Å². The predicted octanol–water partition coefficient (Wildman–Crippen LogP) is 5.92. The average molecular weight is 492 g/mol. The Balaban J connectivity index is 1.55. The fourth-order valence-corrected chi connectivity index (χ4v) is 10.6. The Bertz CT molecular complexity index is 752. The molecule has 4 fully saturated rings. The van der Waals surface area contributed by atoms with E-state index in [1.807, 2.05) is 0 Å². The van der Waals surface area contributed by atoms with Crippen LogP contribution < -0.4 is 5.32 Å². The summed E-state index contributed by atoms with van der Waals surface area (Å²) >= 11 is 0. The molecule has 0 spiro atoms. The van der Waals surface area contributed by atoms with Crippen LogP contribution >= 0.6 is 0 Å². The second-order valence-corrected chi connectivity index (χ2v) is 14.9. The Morgan fingerprint density at radius 3 is 2.20 bits per heavy atom. The zero-order valence-corrected chi connectivity index (χ0v) is 24.0. The maximum Gasteiger partial charge on any atom is 0.0652 e. The average Bonchev–Trinajstić information content (AvgIpc) is 3.16. The predicted molar refractivity (Wildman–Crippen MR) is 144 cm³/mol. The van der Waals surface area contributed by atoms with Crippen molar-refractivity contribution in [1.82, 2.24) is 5.32 Å². The van der Waals surface area contributed by atoms with Gasteiger partial charge >= 0.3 is 0 Å². The maximum absolute atomic E-state index is 11.8. The number of aliphatic hydroxyl groups is 3. The lowest BCUT2D eigenvalue weighted by atomic mass is 9.35. The summed E-state index contributed by atoms with van der Waals surface area (Å²) in [5.74, 6) is 1.33. The van der Waals surface area contributed by atoms with Crippen molar-refractivity contribution in [2.75, 3.05) is 13.1 Å². The Morgan fingerprint density at radius 2 is 1.51 bits per heavy atom. The van der Waals surface area contributed by atoms with E-state index in [0.29, 0.717) is 11.8 Å². The number of fused-ring (bicyclic) bond motifs is 5. The molecule has 0 aromatic heterocycles. The molecule has 10 atom stereocenters. The summed E-state index contributed by atoms with van der Waals surface area (Å²) in [4.78, 5) is 0. The van der Waals surface area contributed by atoms with Crippen LogP contribution in [0.1, 0.15) is 119 Å². The molecule has 4 saturated carbocycles. The van der Waals surface area contributed by atoms with Crippen LogP contribution in [0.3, 0.4) is 0 Å². The first-order chi connectivity index (χ1) is 16.3. The van der Waals surface area contributed by atoms with Gasteiger partial charge < -0.3 is 20.6 Å². The Kier molecular flexibility index (Phi) is 7.60. The van der Waals surface area contributed by atoms with Crippen molar-refractivity contribution in [2.45, 2.75) is 137 Å². The van der Waals surface area contributed by atoms with Gasteiger partial charge in [-0.3, -0.25) is 0 Å². The zero-order valence-electron chi connectivity index (χ0n) is 24.0. The van der Waals surface area contributed by atoms with E-state index in [2.05, 4.69) is 53.8 Å². The van der Waals surface area contributed by atoms with Crippen LogP contribution in [-0.2, 0) is 0 Å². The van der Waals surface area contributed by atoms with E-state index >= 15 is 0 Å². The fourth-order valence-electron chi connectivity index (χ4n) is 10.6. The lowest BCUT2D eigenvalue weighted by Gasteiger charge is -2.70. The zero-order chi connectivity index (χ0) is 25.9. The third kappa shape index (κ3) is 4.25. The molecule has 0 radical (unpaired) electrons. The van der Waals surface area contributed by atoms with E-state index < -0.39 is 5.60 Å². The second kappa shape index (κ2) is 9.54. The minimum atomic E-state index is -0.725. The van der Waals surface area contributed by atoms with Crippen LogP contribution in [-0.4, -0.2) is 46.2 Å². The summed E-state index contributed by atoms with van der Waals surface area (Å²) in [6.45, 7) is 18.4. The molecular weight excluding hydrogens is 434 g/mol. The van der Waals surface area contributed by atoms with Crippen LogP contribution in [0.4, 0.5) is 0 Å². The van der Waals surface area contributed by atoms with Gasteiger partial charge in [-0.25, -0.2) is 0 Å². The van der Waals surface area contributed by atoms with E-state index in [4.69, 9.17) is 0 Å². The Labute approximate surface area is 216 Å². The molecule has 4 aliphatic carbocycles. The Morgan fingerprint density at radius 1 is 0.857 bits per heavy atom. The van der Waals surface area contributed by atoms with Crippen LogP contribution in [0, 0.1) is 45.3 Å². The van der Waals surface area contributed by atoms with Gasteiger partial charge in [0.2, 0.25) is 0 Å².